The maximum Gasteiger partial charge on any atom is 0.145 e. The SMILES string of the molecule is C[C@@H]1CC[C@@]2(C)C[C@]3(C)CCC[C@@]13C2=O. The Kier molecular flexibility index (Phi) is 1.64. The second-order valence-corrected chi connectivity index (χ2v) is 6.89. The molecule has 2 bridgehead atoms. The molecular formula is C14H22O. The number of ketones is 1. The molecule has 4 atom stereocenters. The lowest BCUT2D eigenvalue weighted by atomic mass is 9.58. The highest BCUT2D eigenvalue weighted by Crippen LogP contribution is 2.72. The van der Waals surface area contributed by atoms with Gasteiger partial charge >= 0.3 is 0 Å². The average molecular weight is 206 g/mol. The molecule has 3 fully saturated rings. The predicted octanol–water partition coefficient (Wildman–Crippen LogP) is 3.57. The normalized spacial score (nSPS) is 58.3. The van der Waals surface area contributed by atoms with Crippen molar-refractivity contribution in [1.82, 2.24) is 0 Å². The number of carbonyl (C=O) groups excluding carboxylic acids is 1. The van der Waals surface area contributed by atoms with E-state index in [0.717, 1.165) is 6.42 Å². The van der Waals surface area contributed by atoms with E-state index in [-0.39, 0.29) is 10.8 Å². The third-order valence-corrected chi connectivity index (χ3v) is 6.08. The van der Waals surface area contributed by atoms with Crippen molar-refractivity contribution >= 4 is 5.78 Å². The van der Waals surface area contributed by atoms with Gasteiger partial charge in [0.25, 0.3) is 0 Å². The summed E-state index contributed by atoms with van der Waals surface area (Å²) in [5, 5.41) is 0. The van der Waals surface area contributed by atoms with Crippen LogP contribution in [0.3, 0.4) is 0 Å². The number of rotatable bonds is 0. The van der Waals surface area contributed by atoms with E-state index >= 15 is 0 Å². The van der Waals surface area contributed by atoms with Gasteiger partial charge in [0.1, 0.15) is 5.78 Å². The van der Waals surface area contributed by atoms with E-state index in [1.807, 2.05) is 0 Å². The zero-order valence-electron chi connectivity index (χ0n) is 10.2. The zero-order valence-corrected chi connectivity index (χ0v) is 10.2. The van der Waals surface area contributed by atoms with Crippen molar-refractivity contribution < 1.29 is 4.79 Å². The Morgan fingerprint density at radius 2 is 1.93 bits per heavy atom. The van der Waals surface area contributed by atoms with Crippen LogP contribution in [0, 0.1) is 22.2 Å². The zero-order chi connectivity index (χ0) is 10.9. The number of carbonyl (C=O) groups is 1. The van der Waals surface area contributed by atoms with E-state index in [1.54, 1.807) is 0 Å². The van der Waals surface area contributed by atoms with Crippen LogP contribution in [0.4, 0.5) is 0 Å². The first kappa shape index (κ1) is 9.86. The molecule has 1 heteroatoms. The van der Waals surface area contributed by atoms with Gasteiger partial charge in [-0.05, 0) is 43.4 Å². The average Bonchev–Trinajstić information content (AvgIpc) is 2.53. The maximum absolute atomic E-state index is 12.7. The van der Waals surface area contributed by atoms with E-state index in [1.165, 1.54) is 32.1 Å². The first-order valence-electron chi connectivity index (χ1n) is 6.50. The van der Waals surface area contributed by atoms with Gasteiger partial charge < -0.3 is 0 Å². The van der Waals surface area contributed by atoms with Gasteiger partial charge in [-0.2, -0.15) is 0 Å². The highest BCUT2D eigenvalue weighted by atomic mass is 16.1. The Labute approximate surface area is 92.6 Å². The second-order valence-electron chi connectivity index (χ2n) is 6.89. The fraction of sp³-hybridized carbons (Fsp3) is 0.929. The van der Waals surface area contributed by atoms with Gasteiger partial charge in [-0.15, -0.1) is 0 Å². The van der Waals surface area contributed by atoms with Crippen molar-refractivity contribution in [3.05, 3.63) is 0 Å². The van der Waals surface area contributed by atoms with Gasteiger partial charge in [-0.25, -0.2) is 0 Å². The Balaban J connectivity index is 2.18. The van der Waals surface area contributed by atoms with Crippen LogP contribution in [0.25, 0.3) is 0 Å². The Hall–Kier alpha value is -0.330. The quantitative estimate of drug-likeness (QED) is 0.592. The molecule has 0 amide bonds. The van der Waals surface area contributed by atoms with E-state index < -0.39 is 0 Å². The summed E-state index contributed by atoms with van der Waals surface area (Å²) in [6.07, 6.45) is 7.34. The molecule has 15 heavy (non-hydrogen) atoms. The summed E-state index contributed by atoms with van der Waals surface area (Å²) in [5.41, 5.74) is 0.469. The molecule has 1 spiro atoms. The largest absolute Gasteiger partial charge is 0.298 e. The molecule has 0 unspecified atom stereocenters. The standard InChI is InChI=1S/C14H22O/c1-10-5-8-12(2)9-13(3)6-4-7-14(10,13)11(12)15/h10H,4-9H2,1-3H3/t10-,12+,13+,14+/m1/s1. The van der Waals surface area contributed by atoms with E-state index in [9.17, 15) is 4.79 Å². The highest BCUT2D eigenvalue weighted by molar-refractivity contribution is 5.94. The molecule has 3 aliphatic rings. The van der Waals surface area contributed by atoms with Gasteiger partial charge in [0, 0.05) is 10.8 Å². The fourth-order valence-corrected chi connectivity index (χ4v) is 5.44. The lowest BCUT2D eigenvalue weighted by molar-refractivity contribution is -0.142. The van der Waals surface area contributed by atoms with Crippen LogP contribution >= 0.6 is 0 Å². The van der Waals surface area contributed by atoms with E-state index in [2.05, 4.69) is 20.8 Å². The van der Waals surface area contributed by atoms with Gasteiger partial charge in [0.15, 0.2) is 0 Å². The summed E-state index contributed by atoms with van der Waals surface area (Å²) < 4.78 is 0. The van der Waals surface area contributed by atoms with Crippen LogP contribution in [0.1, 0.15) is 59.3 Å². The van der Waals surface area contributed by atoms with Crippen molar-refractivity contribution in [2.45, 2.75) is 59.3 Å². The monoisotopic (exact) mass is 206 g/mol. The molecule has 0 aromatic heterocycles. The molecule has 0 aromatic carbocycles. The Bertz CT molecular complexity index is 334. The summed E-state index contributed by atoms with van der Waals surface area (Å²) in [6.45, 7) is 6.95. The topological polar surface area (TPSA) is 17.1 Å². The summed E-state index contributed by atoms with van der Waals surface area (Å²) in [5.74, 6) is 1.27. The molecule has 0 radical (unpaired) electrons. The predicted molar refractivity (Wildman–Crippen MR) is 60.5 cm³/mol. The van der Waals surface area contributed by atoms with E-state index in [4.69, 9.17) is 0 Å². The third-order valence-electron chi connectivity index (χ3n) is 6.08. The van der Waals surface area contributed by atoms with Gasteiger partial charge in [-0.1, -0.05) is 27.2 Å². The van der Waals surface area contributed by atoms with Crippen molar-refractivity contribution in [1.29, 1.82) is 0 Å². The Morgan fingerprint density at radius 1 is 1.20 bits per heavy atom. The Morgan fingerprint density at radius 3 is 2.67 bits per heavy atom. The number of hydrogen-bond donors (Lipinski definition) is 0. The van der Waals surface area contributed by atoms with Gasteiger partial charge in [-0.3, -0.25) is 4.79 Å². The summed E-state index contributed by atoms with van der Waals surface area (Å²) in [7, 11) is 0. The lowest BCUT2D eigenvalue weighted by Crippen LogP contribution is -2.46. The minimum Gasteiger partial charge on any atom is -0.298 e. The molecule has 0 aliphatic heterocycles. The van der Waals surface area contributed by atoms with E-state index in [0.29, 0.717) is 17.1 Å². The molecule has 0 saturated heterocycles. The number of hydrogen-bond acceptors (Lipinski definition) is 1. The molecule has 1 nitrogen and oxygen atoms in total. The number of Topliss-reactive ketones (excluding diaryl/α,β-unsaturated/α-hetero) is 1. The molecule has 84 valence electrons. The minimum absolute atomic E-state index is 0.0433. The summed E-state index contributed by atoms with van der Waals surface area (Å²) in [4.78, 5) is 12.7. The first-order chi connectivity index (χ1) is 6.95. The minimum atomic E-state index is 0.0433. The highest BCUT2D eigenvalue weighted by Gasteiger charge is 2.70. The van der Waals surface area contributed by atoms with Crippen molar-refractivity contribution in [3.8, 4) is 0 Å². The van der Waals surface area contributed by atoms with Crippen LogP contribution in [0.5, 0.6) is 0 Å². The molecule has 0 heterocycles. The molecular weight excluding hydrogens is 184 g/mol. The molecule has 3 aliphatic carbocycles. The van der Waals surface area contributed by atoms with Gasteiger partial charge in [0.2, 0.25) is 0 Å². The van der Waals surface area contributed by atoms with Crippen LogP contribution in [0.15, 0.2) is 0 Å². The number of fused-ring (bicyclic) bond motifs is 1. The third kappa shape index (κ3) is 0.855. The van der Waals surface area contributed by atoms with Gasteiger partial charge in [0.05, 0.1) is 0 Å². The lowest BCUT2D eigenvalue weighted by Gasteiger charge is -2.44. The smallest absolute Gasteiger partial charge is 0.145 e. The van der Waals surface area contributed by atoms with Crippen LogP contribution in [-0.2, 0) is 4.79 Å². The maximum atomic E-state index is 12.7. The van der Waals surface area contributed by atoms with Crippen molar-refractivity contribution in [3.63, 3.8) is 0 Å². The van der Waals surface area contributed by atoms with Crippen LogP contribution in [-0.4, -0.2) is 5.78 Å². The molecule has 0 N–H and O–H groups in total. The van der Waals surface area contributed by atoms with Crippen LogP contribution in [0.2, 0.25) is 0 Å². The molecule has 0 aromatic rings. The first-order valence-corrected chi connectivity index (χ1v) is 6.50. The van der Waals surface area contributed by atoms with Crippen molar-refractivity contribution in [2.75, 3.05) is 0 Å². The molecule has 3 saturated carbocycles. The summed E-state index contributed by atoms with van der Waals surface area (Å²) in [6, 6.07) is 0. The van der Waals surface area contributed by atoms with Crippen LogP contribution < -0.4 is 0 Å². The van der Waals surface area contributed by atoms with Crippen molar-refractivity contribution in [2.24, 2.45) is 22.2 Å². The summed E-state index contributed by atoms with van der Waals surface area (Å²) >= 11 is 0. The fourth-order valence-electron chi connectivity index (χ4n) is 5.44. The second kappa shape index (κ2) is 2.49. The molecule has 3 rings (SSSR count).